The third kappa shape index (κ3) is 4.69. The lowest BCUT2D eigenvalue weighted by Crippen LogP contribution is -2.25. The smallest absolute Gasteiger partial charge is 0.339 e. The number of esters is 1. The number of halogens is 1. The standard InChI is InChI=1S/C13H17ClO2.C2H6/c1-8-6-7-10(14)9(2)11(8)12(15)16-13(3,4)5;1-2/h6-7H,1-5H3;1-2H3. The number of carbonyl (C=O) groups is 1. The topological polar surface area (TPSA) is 26.3 Å². The highest BCUT2D eigenvalue weighted by atomic mass is 35.5. The third-order valence-corrected chi connectivity index (χ3v) is 2.62. The highest BCUT2D eigenvalue weighted by Gasteiger charge is 2.21. The Morgan fingerprint density at radius 1 is 1.17 bits per heavy atom. The lowest BCUT2D eigenvalue weighted by atomic mass is 10.0. The van der Waals surface area contributed by atoms with Crippen LogP contribution in [0.25, 0.3) is 0 Å². The van der Waals surface area contributed by atoms with E-state index in [4.69, 9.17) is 16.3 Å². The van der Waals surface area contributed by atoms with Crippen LogP contribution in [0.1, 0.15) is 56.1 Å². The molecule has 18 heavy (non-hydrogen) atoms. The van der Waals surface area contributed by atoms with Gasteiger partial charge in [-0.1, -0.05) is 31.5 Å². The number of rotatable bonds is 1. The molecule has 0 fully saturated rings. The van der Waals surface area contributed by atoms with Crippen LogP contribution in [0.2, 0.25) is 5.02 Å². The van der Waals surface area contributed by atoms with Crippen LogP contribution < -0.4 is 0 Å². The molecule has 1 aromatic carbocycles. The Labute approximate surface area is 115 Å². The molecule has 0 bridgehead atoms. The molecule has 0 heterocycles. The average Bonchev–Trinajstić information content (AvgIpc) is 2.24. The molecule has 0 radical (unpaired) electrons. The molecule has 0 aromatic heterocycles. The summed E-state index contributed by atoms with van der Waals surface area (Å²) < 4.78 is 5.34. The van der Waals surface area contributed by atoms with Gasteiger partial charge in [0, 0.05) is 5.02 Å². The van der Waals surface area contributed by atoms with Crippen LogP contribution in [-0.4, -0.2) is 11.6 Å². The SMILES string of the molecule is CC.Cc1ccc(Cl)c(C)c1C(=O)OC(C)(C)C. The summed E-state index contributed by atoms with van der Waals surface area (Å²) in [7, 11) is 0. The molecule has 0 aliphatic rings. The maximum absolute atomic E-state index is 12.0. The van der Waals surface area contributed by atoms with E-state index in [0.717, 1.165) is 11.1 Å². The summed E-state index contributed by atoms with van der Waals surface area (Å²) in [5, 5.41) is 0.589. The Morgan fingerprint density at radius 3 is 2.11 bits per heavy atom. The summed E-state index contributed by atoms with van der Waals surface area (Å²) in [6.07, 6.45) is 0. The minimum Gasteiger partial charge on any atom is -0.456 e. The van der Waals surface area contributed by atoms with Crippen molar-refractivity contribution in [3.05, 3.63) is 33.8 Å². The van der Waals surface area contributed by atoms with Crippen molar-refractivity contribution < 1.29 is 9.53 Å². The second kappa shape index (κ2) is 6.79. The molecule has 0 N–H and O–H groups in total. The number of hydrogen-bond donors (Lipinski definition) is 0. The van der Waals surface area contributed by atoms with Crippen LogP contribution >= 0.6 is 11.6 Å². The molecular formula is C15H23ClO2. The van der Waals surface area contributed by atoms with E-state index in [0.29, 0.717) is 10.6 Å². The molecule has 0 saturated carbocycles. The van der Waals surface area contributed by atoms with E-state index in [1.807, 2.05) is 54.5 Å². The van der Waals surface area contributed by atoms with Crippen molar-refractivity contribution in [2.45, 2.75) is 54.1 Å². The fourth-order valence-electron chi connectivity index (χ4n) is 1.46. The monoisotopic (exact) mass is 270 g/mol. The zero-order valence-electron chi connectivity index (χ0n) is 12.3. The lowest BCUT2D eigenvalue weighted by Gasteiger charge is -2.21. The Hall–Kier alpha value is -1.02. The first-order chi connectivity index (χ1) is 8.22. The van der Waals surface area contributed by atoms with Gasteiger partial charge in [0.15, 0.2) is 0 Å². The second-order valence-corrected chi connectivity index (χ2v) is 5.27. The molecule has 0 aliphatic carbocycles. The number of carbonyl (C=O) groups excluding carboxylic acids is 1. The van der Waals surface area contributed by atoms with Crippen molar-refractivity contribution in [2.24, 2.45) is 0 Å². The molecule has 0 aliphatic heterocycles. The highest BCUT2D eigenvalue weighted by molar-refractivity contribution is 6.31. The summed E-state index contributed by atoms with van der Waals surface area (Å²) >= 11 is 5.99. The van der Waals surface area contributed by atoms with Crippen LogP contribution in [0.3, 0.4) is 0 Å². The van der Waals surface area contributed by atoms with E-state index in [2.05, 4.69) is 0 Å². The lowest BCUT2D eigenvalue weighted by molar-refractivity contribution is 0.00680. The van der Waals surface area contributed by atoms with Gasteiger partial charge in [0.25, 0.3) is 0 Å². The number of ether oxygens (including phenoxy) is 1. The number of benzene rings is 1. The first-order valence-corrected chi connectivity index (χ1v) is 6.59. The third-order valence-electron chi connectivity index (χ3n) is 2.21. The summed E-state index contributed by atoms with van der Waals surface area (Å²) in [6, 6.07) is 3.62. The van der Waals surface area contributed by atoms with Gasteiger partial charge in [-0.05, 0) is 51.8 Å². The van der Waals surface area contributed by atoms with Crippen molar-refractivity contribution in [1.29, 1.82) is 0 Å². The molecule has 3 heteroatoms. The predicted molar refractivity (Wildman–Crippen MR) is 77.4 cm³/mol. The van der Waals surface area contributed by atoms with Crippen molar-refractivity contribution in [2.75, 3.05) is 0 Å². The Kier molecular flexibility index (Phi) is 6.41. The van der Waals surface area contributed by atoms with E-state index in [-0.39, 0.29) is 5.97 Å². The van der Waals surface area contributed by atoms with Gasteiger partial charge in [-0.15, -0.1) is 0 Å². The van der Waals surface area contributed by atoms with Gasteiger partial charge in [0.1, 0.15) is 5.60 Å². The first-order valence-electron chi connectivity index (χ1n) is 6.21. The molecule has 0 saturated heterocycles. The molecule has 1 aromatic rings. The molecule has 1 rings (SSSR count). The molecule has 0 atom stereocenters. The van der Waals surface area contributed by atoms with Crippen LogP contribution in [-0.2, 0) is 4.74 Å². The Balaban J connectivity index is 0.00000137. The van der Waals surface area contributed by atoms with Crippen LogP contribution in [0, 0.1) is 13.8 Å². The first kappa shape index (κ1) is 17.0. The summed E-state index contributed by atoms with van der Waals surface area (Å²) in [5.74, 6) is -0.315. The number of aryl methyl sites for hydroxylation is 1. The van der Waals surface area contributed by atoms with Crippen molar-refractivity contribution >= 4 is 17.6 Å². The zero-order valence-corrected chi connectivity index (χ0v) is 13.1. The van der Waals surface area contributed by atoms with Gasteiger partial charge in [0.2, 0.25) is 0 Å². The molecular weight excluding hydrogens is 248 g/mol. The van der Waals surface area contributed by atoms with Crippen molar-refractivity contribution in [3.63, 3.8) is 0 Å². The van der Waals surface area contributed by atoms with Gasteiger partial charge >= 0.3 is 5.97 Å². The van der Waals surface area contributed by atoms with E-state index < -0.39 is 5.60 Å². The van der Waals surface area contributed by atoms with Crippen LogP contribution in [0.4, 0.5) is 0 Å². The fourth-order valence-corrected chi connectivity index (χ4v) is 1.62. The molecule has 2 nitrogen and oxygen atoms in total. The molecule has 102 valence electrons. The Bertz CT molecular complexity index is 417. The zero-order chi connectivity index (χ0) is 14.5. The fraction of sp³-hybridized carbons (Fsp3) is 0.533. The van der Waals surface area contributed by atoms with E-state index in [1.54, 1.807) is 6.07 Å². The second-order valence-electron chi connectivity index (χ2n) is 4.87. The quantitative estimate of drug-likeness (QED) is 0.676. The Morgan fingerprint density at radius 2 is 1.67 bits per heavy atom. The maximum Gasteiger partial charge on any atom is 0.339 e. The molecule has 0 spiro atoms. The van der Waals surface area contributed by atoms with Crippen LogP contribution in [0.5, 0.6) is 0 Å². The van der Waals surface area contributed by atoms with E-state index in [9.17, 15) is 4.79 Å². The van der Waals surface area contributed by atoms with Gasteiger partial charge in [-0.2, -0.15) is 0 Å². The van der Waals surface area contributed by atoms with Crippen LogP contribution in [0.15, 0.2) is 12.1 Å². The predicted octanol–water partition coefficient (Wildman–Crippen LogP) is 4.94. The largest absolute Gasteiger partial charge is 0.456 e. The minimum atomic E-state index is -0.488. The number of hydrogen-bond acceptors (Lipinski definition) is 2. The van der Waals surface area contributed by atoms with E-state index in [1.165, 1.54) is 0 Å². The van der Waals surface area contributed by atoms with E-state index >= 15 is 0 Å². The maximum atomic E-state index is 12.0. The van der Waals surface area contributed by atoms with Gasteiger partial charge < -0.3 is 4.74 Å². The highest BCUT2D eigenvalue weighted by Crippen LogP contribution is 2.24. The normalized spacial score (nSPS) is 10.4. The summed E-state index contributed by atoms with van der Waals surface area (Å²) in [6.45, 7) is 13.2. The molecule has 0 unspecified atom stereocenters. The average molecular weight is 271 g/mol. The van der Waals surface area contributed by atoms with Gasteiger partial charge in [0.05, 0.1) is 5.56 Å². The molecule has 0 amide bonds. The summed E-state index contributed by atoms with van der Waals surface area (Å²) in [4.78, 5) is 12.0. The minimum absolute atomic E-state index is 0.315. The van der Waals surface area contributed by atoms with Gasteiger partial charge in [-0.3, -0.25) is 0 Å². The van der Waals surface area contributed by atoms with Crippen molar-refractivity contribution in [1.82, 2.24) is 0 Å². The van der Waals surface area contributed by atoms with Gasteiger partial charge in [-0.25, -0.2) is 4.79 Å². The summed E-state index contributed by atoms with van der Waals surface area (Å²) in [5.41, 5.74) is 1.74. The van der Waals surface area contributed by atoms with Crippen molar-refractivity contribution in [3.8, 4) is 0 Å².